The molecular formula is C18H17N3O4. The molecule has 2 heterocycles. The van der Waals surface area contributed by atoms with E-state index in [1.165, 1.54) is 12.0 Å². The molecule has 0 aliphatic carbocycles. The molecule has 1 aliphatic heterocycles. The SMILES string of the molecule is COC(=O)c1ccc([C@@H]2C=C(c3ncccn3)CCN2C(=O)O)cc1. The van der Waals surface area contributed by atoms with Crippen LogP contribution in [0.2, 0.25) is 0 Å². The molecule has 1 atom stereocenters. The number of aromatic nitrogens is 2. The summed E-state index contributed by atoms with van der Waals surface area (Å²) in [5, 5.41) is 9.50. The Balaban J connectivity index is 1.96. The number of nitrogens with zero attached hydrogens (tertiary/aromatic N) is 3. The molecular weight excluding hydrogens is 322 g/mol. The summed E-state index contributed by atoms with van der Waals surface area (Å²) < 4.78 is 4.68. The molecule has 3 rings (SSSR count). The zero-order valence-electron chi connectivity index (χ0n) is 13.6. The average Bonchev–Trinajstić information content (AvgIpc) is 2.67. The highest BCUT2D eigenvalue weighted by Gasteiger charge is 2.28. The second kappa shape index (κ2) is 7.12. The van der Waals surface area contributed by atoms with Gasteiger partial charge in [-0.05, 0) is 35.8 Å². The fourth-order valence-corrected chi connectivity index (χ4v) is 2.82. The molecule has 1 amide bonds. The van der Waals surface area contributed by atoms with Gasteiger partial charge >= 0.3 is 12.1 Å². The molecule has 2 aromatic rings. The number of esters is 1. The number of hydrogen-bond acceptors (Lipinski definition) is 5. The van der Waals surface area contributed by atoms with Crippen molar-refractivity contribution in [3.8, 4) is 0 Å². The standard InChI is InChI=1S/C18H17N3O4/c1-25-17(22)13-5-3-12(4-6-13)15-11-14(7-10-21(15)18(23)24)16-19-8-2-9-20-16/h2-6,8-9,11,15H,7,10H2,1H3,(H,23,24)/t15-/m0/s1. The van der Waals surface area contributed by atoms with Gasteiger partial charge in [-0.15, -0.1) is 0 Å². The van der Waals surface area contributed by atoms with E-state index in [1.54, 1.807) is 42.7 Å². The van der Waals surface area contributed by atoms with Gasteiger partial charge in [-0.1, -0.05) is 18.2 Å². The summed E-state index contributed by atoms with van der Waals surface area (Å²) in [4.78, 5) is 33.0. The van der Waals surface area contributed by atoms with E-state index in [-0.39, 0.29) is 0 Å². The summed E-state index contributed by atoms with van der Waals surface area (Å²) in [6.45, 7) is 0.350. The number of hydrogen-bond donors (Lipinski definition) is 1. The molecule has 128 valence electrons. The zero-order valence-corrected chi connectivity index (χ0v) is 13.6. The van der Waals surface area contributed by atoms with Gasteiger partial charge in [-0.3, -0.25) is 4.90 Å². The van der Waals surface area contributed by atoms with E-state index in [0.29, 0.717) is 24.4 Å². The van der Waals surface area contributed by atoms with Crippen LogP contribution in [0.3, 0.4) is 0 Å². The molecule has 0 fully saturated rings. The Morgan fingerprint density at radius 3 is 2.48 bits per heavy atom. The monoisotopic (exact) mass is 339 g/mol. The molecule has 0 saturated heterocycles. The van der Waals surface area contributed by atoms with Crippen LogP contribution in [0.15, 0.2) is 48.8 Å². The number of amides is 1. The summed E-state index contributed by atoms with van der Waals surface area (Å²) in [6, 6.07) is 8.00. The van der Waals surface area contributed by atoms with Gasteiger partial charge in [0.05, 0.1) is 18.7 Å². The lowest BCUT2D eigenvalue weighted by molar-refractivity contribution is 0.0600. The number of carboxylic acid groups (broad SMARTS) is 1. The third-order valence-corrected chi connectivity index (χ3v) is 4.09. The van der Waals surface area contributed by atoms with E-state index in [0.717, 1.165) is 11.1 Å². The normalized spacial score (nSPS) is 16.9. The predicted molar refractivity (Wildman–Crippen MR) is 89.9 cm³/mol. The van der Waals surface area contributed by atoms with Crippen molar-refractivity contribution in [2.24, 2.45) is 0 Å². The van der Waals surface area contributed by atoms with Crippen molar-refractivity contribution in [3.05, 3.63) is 65.8 Å². The highest BCUT2D eigenvalue weighted by Crippen LogP contribution is 2.32. The van der Waals surface area contributed by atoms with E-state index in [4.69, 9.17) is 0 Å². The molecule has 1 aliphatic rings. The third kappa shape index (κ3) is 3.50. The minimum absolute atomic E-state index is 0.350. The topological polar surface area (TPSA) is 92.6 Å². The quantitative estimate of drug-likeness (QED) is 0.865. The van der Waals surface area contributed by atoms with Crippen molar-refractivity contribution in [3.63, 3.8) is 0 Å². The number of methoxy groups -OCH3 is 1. The minimum atomic E-state index is -0.994. The largest absolute Gasteiger partial charge is 0.465 e. The van der Waals surface area contributed by atoms with E-state index < -0.39 is 18.1 Å². The lowest BCUT2D eigenvalue weighted by Gasteiger charge is -2.32. The Bertz CT molecular complexity index is 803. The van der Waals surface area contributed by atoms with Crippen molar-refractivity contribution < 1.29 is 19.4 Å². The van der Waals surface area contributed by atoms with Gasteiger partial charge in [-0.2, -0.15) is 0 Å². The highest BCUT2D eigenvalue weighted by molar-refractivity contribution is 5.89. The van der Waals surface area contributed by atoms with Crippen LogP contribution in [0.5, 0.6) is 0 Å². The second-order valence-electron chi connectivity index (χ2n) is 5.55. The van der Waals surface area contributed by atoms with Crippen LogP contribution in [-0.2, 0) is 4.74 Å². The molecule has 0 saturated carbocycles. The maximum atomic E-state index is 11.6. The Labute approximate surface area is 144 Å². The first-order chi connectivity index (χ1) is 12.1. The summed E-state index contributed by atoms with van der Waals surface area (Å²) in [5.41, 5.74) is 2.09. The number of rotatable bonds is 3. The molecule has 25 heavy (non-hydrogen) atoms. The Morgan fingerprint density at radius 2 is 1.88 bits per heavy atom. The van der Waals surface area contributed by atoms with Crippen LogP contribution in [0.4, 0.5) is 4.79 Å². The van der Waals surface area contributed by atoms with Gasteiger partial charge in [-0.25, -0.2) is 19.6 Å². The Morgan fingerprint density at radius 1 is 1.20 bits per heavy atom. The molecule has 1 N–H and O–H groups in total. The zero-order chi connectivity index (χ0) is 17.8. The van der Waals surface area contributed by atoms with Gasteiger partial charge in [0.1, 0.15) is 0 Å². The summed E-state index contributed by atoms with van der Waals surface area (Å²) in [5.74, 6) is 0.169. The smallest absolute Gasteiger partial charge is 0.408 e. The third-order valence-electron chi connectivity index (χ3n) is 4.09. The van der Waals surface area contributed by atoms with Gasteiger partial charge < -0.3 is 9.84 Å². The second-order valence-corrected chi connectivity index (χ2v) is 5.55. The van der Waals surface area contributed by atoms with Gasteiger partial charge in [0, 0.05) is 18.9 Å². The average molecular weight is 339 g/mol. The lowest BCUT2D eigenvalue weighted by atomic mass is 9.95. The Kier molecular flexibility index (Phi) is 4.74. The highest BCUT2D eigenvalue weighted by atomic mass is 16.5. The first-order valence-electron chi connectivity index (χ1n) is 7.76. The van der Waals surface area contributed by atoms with E-state index in [1.807, 2.05) is 6.08 Å². The van der Waals surface area contributed by atoms with Gasteiger partial charge in [0.2, 0.25) is 0 Å². The first kappa shape index (κ1) is 16.6. The van der Waals surface area contributed by atoms with Crippen molar-refractivity contribution >= 4 is 17.6 Å². The van der Waals surface area contributed by atoms with E-state index >= 15 is 0 Å². The predicted octanol–water partition coefficient (Wildman–Crippen LogP) is 2.77. The van der Waals surface area contributed by atoms with Crippen molar-refractivity contribution in [2.75, 3.05) is 13.7 Å². The molecule has 1 aromatic heterocycles. The van der Waals surface area contributed by atoms with Crippen LogP contribution >= 0.6 is 0 Å². The van der Waals surface area contributed by atoms with Crippen LogP contribution < -0.4 is 0 Å². The fourth-order valence-electron chi connectivity index (χ4n) is 2.82. The molecule has 0 radical (unpaired) electrons. The molecule has 7 nitrogen and oxygen atoms in total. The molecule has 7 heteroatoms. The van der Waals surface area contributed by atoms with Crippen molar-refractivity contribution in [1.29, 1.82) is 0 Å². The van der Waals surface area contributed by atoms with E-state index in [9.17, 15) is 14.7 Å². The Hall–Kier alpha value is -3.22. The first-order valence-corrected chi connectivity index (χ1v) is 7.76. The number of ether oxygens (including phenoxy) is 1. The number of carbonyl (C=O) groups is 2. The maximum absolute atomic E-state index is 11.6. The fraction of sp³-hybridized carbons (Fsp3) is 0.222. The van der Waals surface area contributed by atoms with Crippen molar-refractivity contribution in [2.45, 2.75) is 12.5 Å². The lowest BCUT2D eigenvalue weighted by Crippen LogP contribution is -2.36. The summed E-state index contributed by atoms with van der Waals surface area (Å²) >= 11 is 0. The minimum Gasteiger partial charge on any atom is -0.465 e. The molecule has 0 spiro atoms. The van der Waals surface area contributed by atoms with Gasteiger partial charge in [0.25, 0.3) is 0 Å². The number of benzene rings is 1. The summed E-state index contributed by atoms with van der Waals surface area (Å²) in [7, 11) is 1.32. The van der Waals surface area contributed by atoms with Crippen LogP contribution in [0, 0.1) is 0 Å². The van der Waals surface area contributed by atoms with Crippen molar-refractivity contribution in [1.82, 2.24) is 14.9 Å². The molecule has 1 aromatic carbocycles. The van der Waals surface area contributed by atoms with Crippen LogP contribution in [-0.4, -0.2) is 45.7 Å². The number of carbonyl (C=O) groups excluding carboxylic acids is 1. The summed E-state index contributed by atoms with van der Waals surface area (Å²) in [6.07, 6.45) is 4.73. The van der Waals surface area contributed by atoms with Crippen LogP contribution in [0.1, 0.15) is 34.2 Å². The molecule has 0 bridgehead atoms. The van der Waals surface area contributed by atoms with Crippen LogP contribution in [0.25, 0.3) is 5.57 Å². The maximum Gasteiger partial charge on any atom is 0.408 e. The van der Waals surface area contributed by atoms with Gasteiger partial charge in [0.15, 0.2) is 5.82 Å². The molecule has 0 unspecified atom stereocenters. The van der Waals surface area contributed by atoms with E-state index in [2.05, 4.69) is 14.7 Å².